The molecule has 0 aliphatic rings. The second kappa shape index (κ2) is 9.10. The topological polar surface area (TPSA) is 52.8 Å². The van der Waals surface area contributed by atoms with E-state index in [1.165, 1.54) is 11.3 Å². The number of methoxy groups -OCH3 is 1. The zero-order valence-electron chi connectivity index (χ0n) is 15.6. The van der Waals surface area contributed by atoms with Crippen LogP contribution in [0.5, 0.6) is 11.5 Å². The van der Waals surface area contributed by atoms with Crippen molar-refractivity contribution >= 4 is 39.2 Å². The van der Waals surface area contributed by atoms with Crippen LogP contribution in [0.4, 0.5) is 0 Å². The van der Waals surface area contributed by atoms with Crippen molar-refractivity contribution in [1.29, 1.82) is 0 Å². The fraction of sp³-hybridized carbons (Fsp3) is 0.300. The number of amides is 1. The number of nitrogens with zero attached hydrogens (tertiary/aromatic N) is 2. The number of carbonyl (C=O) groups is 1. The molecule has 1 amide bonds. The number of carbonyl (C=O) groups excluding carboxylic acids is 1. The number of rotatable bonds is 7. The highest BCUT2D eigenvalue weighted by Gasteiger charge is 2.07. The van der Waals surface area contributed by atoms with Gasteiger partial charge in [0.05, 0.1) is 23.9 Å². The lowest BCUT2D eigenvalue weighted by molar-refractivity contribution is -0.117. The zero-order chi connectivity index (χ0) is 19.2. The Morgan fingerprint density at radius 3 is 2.63 bits per heavy atom. The number of thioether (sulfide) groups is 1. The summed E-state index contributed by atoms with van der Waals surface area (Å²) in [7, 11) is 3.57. The van der Waals surface area contributed by atoms with Gasteiger partial charge in [-0.3, -0.25) is 4.79 Å². The third-order valence-electron chi connectivity index (χ3n) is 3.96. The Labute approximate surface area is 166 Å². The number of aryl methyl sites for hydroxylation is 1. The molecule has 142 valence electrons. The van der Waals surface area contributed by atoms with Crippen LogP contribution in [-0.4, -0.2) is 29.9 Å². The third-order valence-corrected chi connectivity index (χ3v) is 6.06. The van der Waals surface area contributed by atoms with Crippen LogP contribution in [0.3, 0.4) is 0 Å². The van der Waals surface area contributed by atoms with Gasteiger partial charge in [-0.15, -0.1) is 11.8 Å². The molecular weight excluding hydrogens is 380 g/mol. The number of ether oxygens (including phenoxy) is 2. The molecule has 3 aromatic rings. The van der Waals surface area contributed by atoms with Crippen molar-refractivity contribution in [2.45, 2.75) is 18.2 Å². The summed E-state index contributed by atoms with van der Waals surface area (Å²) < 4.78 is 13.7. The molecule has 1 heterocycles. The van der Waals surface area contributed by atoms with E-state index in [9.17, 15) is 4.79 Å². The maximum absolute atomic E-state index is 12.3. The van der Waals surface area contributed by atoms with Gasteiger partial charge in [0.1, 0.15) is 11.5 Å². The second-order valence-electron chi connectivity index (χ2n) is 5.79. The lowest BCUT2D eigenvalue weighted by Crippen LogP contribution is -2.13. The number of thiazole rings is 1. The maximum Gasteiger partial charge on any atom is 0.249 e. The van der Waals surface area contributed by atoms with Crippen molar-refractivity contribution in [3.05, 3.63) is 47.3 Å². The first-order chi connectivity index (χ1) is 13.1. The first-order valence-corrected chi connectivity index (χ1v) is 10.5. The van der Waals surface area contributed by atoms with Crippen LogP contribution >= 0.6 is 23.1 Å². The third kappa shape index (κ3) is 4.93. The van der Waals surface area contributed by atoms with Crippen LogP contribution in [0.2, 0.25) is 0 Å². The maximum atomic E-state index is 12.3. The lowest BCUT2D eigenvalue weighted by Gasteiger charge is -2.02. The molecule has 0 radical (unpaired) electrons. The van der Waals surface area contributed by atoms with Crippen LogP contribution in [0.15, 0.2) is 52.4 Å². The summed E-state index contributed by atoms with van der Waals surface area (Å²) in [5, 5.41) is 0. The Balaban J connectivity index is 1.66. The van der Waals surface area contributed by atoms with Crippen molar-refractivity contribution in [3.63, 3.8) is 0 Å². The summed E-state index contributed by atoms with van der Waals surface area (Å²) in [5.41, 5.74) is 1.04. The van der Waals surface area contributed by atoms with Gasteiger partial charge in [-0.05, 0) is 49.4 Å². The molecule has 0 saturated carbocycles. The zero-order valence-corrected chi connectivity index (χ0v) is 17.2. The summed E-state index contributed by atoms with van der Waals surface area (Å²) in [4.78, 5) is 18.4. The molecule has 3 rings (SSSR count). The molecule has 27 heavy (non-hydrogen) atoms. The van der Waals surface area contributed by atoms with Crippen LogP contribution in [0, 0.1) is 0 Å². The number of hydrogen-bond acceptors (Lipinski definition) is 5. The van der Waals surface area contributed by atoms with Crippen molar-refractivity contribution in [3.8, 4) is 11.5 Å². The average Bonchev–Trinajstić information content (AvgIpc) is 2.97. The van der Waals surface area contributed by atoms with Gasteiger partial charge in [0.25, 0.3) is 0 Å². The minimum atomic E-state index is -0.108. The van der Waals surface area contributed by atoms with E-state index in [0.717, 1.165) is 26.6 Å². The van der Waals surface area contributed by atoms with Gasteiger partial charge in [0, 0.05) is 24.1 Å². The molecule has 0 saturated heterocycles. The van der Waals surface area contributed by atoms with E-state index in [0.29, 0.717) is 23.6 Å². The number of hydrogen-bond donors (Lipinski definition) is 0. The summed E-state index contributed by atoms with van der Waals surface area (Å²) in [5.74, 6) is 2.25. The van der Waals surface area contributed by atoms with E-state index < -0.39 is 0 Å². The van der Waals surface area contributed by atoms with Crippen LogP contribution < -0.4 is 14.3 Å². The molecule has 0 aliphatic heterocycles. The van der Waals surface area contributed by atoms with Gasteiger partial charge >= 0.3 is 0 Å². The smallest absolute Gasteiger partial charge is 0.249 e. The van der Waals surface area contributed by atoms with Crippen molar-refractivity contribution in [2.75, 3.05) is 19.5 Å². The highest BCUT2D eigenvalue weighted by molar-refractivity contribution is 7.99. The molecule has 2 aromatic carbocycles. The number of aromatic nitrogens is 1. The molecule has 5 nitrogen and oxygen atoms in total. The minimum absolute atomic E-state index is 0.108. The molecular formula is C20H22N2O3S2. The fourth-order valence-corrected chi connectivity index (χ4v) is 4.47. The van der Waals surface area contributed by atoms with E-state index in [-0.39, 0.29) is 5.91 Å². The normalized spacial score (nSPS) is 11.7. The van der Waals surface area contributed by atoms with Gasteiger partial charge in [0.15, 0.2) is 4.80 Å². The number of benzene rings is 2. The first kappa shape index (κ1) is 19.5. The summed E-state index contributed by atoms with van der Waals surface area (Å²) >= 11 is 3.14. The Morgan fingerprint density at radius 2 is 1.93 bits per heavy atom. The summed E-state index contributed by atoms with van der Waals surface area (Å²) in [6, 6.07) is 13.8. The predicted octanol–water partition coefficient (Wildman–Crippen LogP) is 4.26. The standard InChI is InChI=1S/C20H22N2O3S2/c1-4-25-15-7-10-17-18(13-15)27-20(22(17)2)21-19(23)11-12-26-16-8-5-14(24-3)6-9-16/h5-10,13H,4,11-12H2,1-3H3. The highest BCUT2D eigenvalue weighted by atomic mass is 32.2. The van der Waals surface area contributed by atoms with E-state index in [1.54, 1.807) is 18.9 Å². The second-order valence-corrected chi connectivity index (χ2v) is 7.96. The van der Waals surface area contributed by atoms with Crippen LogP contribution in [-0.2, 0) is 11.8 Å². The summed E-state index contributed by atoms with van der Waals surface area (Å²) in [6.07, 6.45) is 0.398. The van der Waals surface area contributed by atoms with E-state index in [1.807, 2.05) is 61.0 Å². The molecule has 0 N–H and O–H groups in total. The van der Waals surface area contributed by atoms with Gasteiger partial charge in [-0.1, -0.05) is 11.3 Å². The quantitative estimate of drug-likeness (QED) is 0.554. The van der Waals surface area contributed by atoms with Gasteiger partial charge in [0.2, 0.25) is 5.91 Å². The van der Waals surface area contributed by atoms with Crippen LogP contribution in [0.1, 0.15) is 13.3 Å². The SMILES string of the molecule is CCOc1ccc2c(c1)sc(=NC(=O)CCSc1ccc(OC)cc1)n2C. The van der Waals surface area contributed by atoms with Crippen LogP contribution in [0.25, 0.3) is 10.2 Å². The fourth-order valence-electron chi connectivity index (χ4n) is 2.57. The van der Waals surface area contributed by atoms with E-state index >= 15 is 0 Å². The number of fused-ring (bicyclic) bond motifs is 1. The largest absolute Gasteiger partial charge is 0.497 e. The minimum Gasteiger partial charge on any atom is -0.497 e. The van der Waals surface area contributed by atoms with Crippen molar-refractivity contribution in [2.24, 2.45) is 12.0 Å². The molecule has 0 fully saturated rings. The van der Waals surface area contributed by atoms with E-state index in [4.69, 9.17) is 9.47 Å². The molecule has 0 spiro atoms. The molecule has 0 atom stereocenters. The Morgan fingerprint density at radius 1 is 1.19 bits per heavy atom. The molecule has 0 bridgehead atoms. The Hall–Kier alpha value is -2.25. The first-order valence-electron chi connectivity index (χ1n) is 8.67. The molecule has 1 aromatic heterocycles. The van der Waals surface area contributed by atoms with E-state index in [2.05, 4.69) is 4.99 Å². The lowest BCUT2D eigenvalue weighted by atomic mass is 10.3. The predicted molar refractivity (Wildman–Crippen MR) is 111 cm³/mol. The average molecular weight is 403 g/mol. The van der Waals surface area contributed by atoms with Gasteiger partial charge in [-0.25, -0.2) is 0 Å². The molecule has 0 aliphatic carbocycles. The van der Waals surface area contributed by atoms with Crippen molar-refractivity contribution < 1.29 is 14.3 Å². The monoisotopic (exact) mass is 402 g/mol. The van der Waals surface area contributed by atoms with Crippen molar-refractivity contribution in [1.82, 2.24) is 4.57 Å². The molecule has 0 unspecified atom stereocenters. The van der Waals surface area contributed by atoms with Gasteiger partial charge in [-0.2, -0.15) is 4.99 Å². The summed E-state index contributed by atoms with van der Waals surface area (Å²) in [6.45, 7) is 2.59. The highest BCUT2D eigenvalue weighted by Crippen LogP contribution is 2.23. The van der Waals surface area contributed by atoms with Gasteiger partial charge < -0.3 is 14.0 Å². The Bertz CT molecular complexity index is 991. The Kier molecular flexibility index (Phi) is 6.58. The molecule has 7 heteroatoms.